The van der Waals surface area contributed by atoms with Crippen LogP contribution in [0.2, 0.25) is 0 Å². The van der Waals surface area contributed by atoms with Gasteiger partial charge in [-0.25, -0.2) is 0 Å². The fourth-order valence-corrected chi connectivity index (χ4v) is 3.02. The lowest BCUT2D eigenvalue weighted by Gasteiger charge is -2.27. The number of carbonyl (C=O) groups is 1. The van der Waals surface area contributed by atoms with Crippen molar-refractivity contribution in [1.82, 2.24) is 0 Å². The van der Waals surface area contributed by atoms with Crippen molar-refractivity contribution in [2.45, 2.75) is 32.1 Å². The Bertz CT molecular complexity index is 399. The molecule has 0 bridgehead atoms. The van der Waals surface area contributed by atoms with Crippen LogP contribution in [0.4, 0.5) is 5.69 Å². The van der Waals surface area contributed by atoms with E-state index in [0.717, 1.165) is 23.0 Å². The molecule has 2 nitrogen and oxygen atoms in total. The van der Waals surface area contributed by atoms with Gasteiger partial charge in [-0.15, -0.1) is 0 Å². The standard InChI is InChI=1S/C14H18BrNO/c1-16(13-10-6-5-9-12(13)15)14(17)11-7-3-2-4-8-11/h5-6,9-11H,2-4,7-8H2,1H3. The van der Waals surface area contributed by atoms with Crippen molar-refractivity contribution in [3.05, 3.63) is 28.7 Å². The molecular formula is C14H18BrNO. The number of hydrogen-bond acceptors (Lipinski definition) is 1. The first-order valence-electron chi connectivity index (χ1n) is 6.22. The van der Waals surface area contributed by atoms with E-state index in [2.05, 4.69) is 15.9 Å². The van der Waals surface area contributed by atoms with Gasteiger partial charge in [-0.1, -0.05) is 31.4 Å². The maximum Gasteiger partial charge on any atom is 0.229 e. The van der Waals surface area contributed by atoms with E-state index in [0.29, 0.717) is 0 Å². The maximum absolute atomic E-state index is 12.4. The third kappa shape index (κ3) is 2.89. The second-order valence-electron chi connectivity index (χ2n) is 4.68. The first-order valence-corrected chi connectivity index (χ1v) is 7.01. The van der Waals surface area contributed by atoms with Crippen LogP contribution in [0.15, 0.2) is 28.7 Å². The minimum Gasteiger partial charge on any atom is -0.314 e. The molecule has 3 heteroatoms. The normalized spacial score (nSPS) is 16.8. The van der Waals surface area contributed by atoms with E-state index in [4.69, 9.17) is 0 Å². The van der Waals surface area contributed by atoms with Gasteiger partial charge in [-0.3, -0.25) is 4.79 Å². The quantitative estimate of drug-likeness (QED) is 0.808. The molecule has 0 N–H and O–H groups in total. The molecule has 1 aliphatic rings. The van der Waals surface area contributed by atoms with Crippen molar-refractivity contribution in [3.8, 4) is 0 Å². The van der Waals surface area contributed by atoms with Crippen molar-refractivity contribution in [1.29, 1.82) is 0 Å². The van der Waals surface area contributed by atoms with Gasteiger partial charge in [0.25, 0.3) is 0 Å². The third-order valence-electron chi connectivity index (χ3n) is 3.50. The monoisotopic (exact) mass is 295 g/mol. The zero-order chi connectivity index (χ0) is 12.3. The molecule has 0 unspecified atom stereocenters. The van der Waals surface area contributed by atoms with Crippen molar-refractivity contribution < 1.29 is 4.79 Å². The van der Waals surface area contributed by atoms with Crippen molar-refractivity contribution in [2.24, 2.45) is 5.92 Å². The summed E-state index contributed by atoms with van der Waals surface area (Å²) in [6.07, 6.45) is 5.77. The van der Waals surface area contributed by atoms with E-state index in [9.17, 15) is 4.79 Å². The first-order chi connectivity index (χ1) is 8.20. The zero-order valence-electron chi connectivity index (χ0n) is 10.2. The van der Waals surface area contributed by atoms with Crippen LogP contribution < -0.4 is 4.90 Å². The molecule has 92 valence electrons. The molecule has 0 heterocycles. The van der Waals surface area contributed by atoms with Gasteiger partial charge in [0.1, 0.15) is 0 Å². The Kier molecular flexibility index (Phi) is 4.21. The van der Waals surface area contributed by atoms with Crippen molar-refractivity contribution >= 4 is 27.5 Å². The summed E-state index contributed by atoms with van der Waals surface area (Å²) in [5, 5.41) is 0. The topological polar surface area (TPSA) is 20.3 Å². The molecule has 1 amide bonds. The van der Waals surface area contributed by atoms with Gasteiger partial charge >= 0.3 is 0 Å². The molecule has 1 saturated carbocycles. The predicted octanol–water partition coefficient (Wildman–Crippen LogP) is 3.99. The number of amides is 1. The van der Waals surface area contributed by atoms with E-state index >= 15 is 0 Å². The highest BCUT2D eigenvalue weighted by Gasteiger charge is 2.25. The van der Waals surface area contributed by atoms with Crippen LogP contribution in [0.5, 0.6) is 0 Å². The van der Waals surface area contributed by atoms with Crippen LogP contribution in [-0.2, 0) is 4.79 Å². The van der Waals surface area contributed by atoms with E-state index in [1.165, 1.54) is 19.3 Å². The Labute approximate surface area is 111 Å². The molecule has 1 fully saturated rings. The van der Waals surface area contributed by atoms with E-state index in [-0.39, 0.29) is 11.8 Å². The van der Waals surface area contributed by atoms with Crippen LogP contribution in [0, 0.1) is 5.92 Å². The van der Waals surface area contributed by atoms with Crippen LogP contribution in [-0.4, -0.2) is 13.0 Å². The van der Waals surface area contributed by atoms with Gasteiger partial charge in [0.2, 0.25) is 5.91 Å². The lowest BCUT2D eigenvalue weighted by atomic mass is 9.88. The molecular weight excluding hydrogens is 278 g/mol. The molecule has 0 aliphatic heterocycles. The molecule has 0 spiro atoms. The molecule has 2 rings (SSSR count). The summed E-state index contributed by atoms with van der Waals surface area (Å²) in [6.45, 7) is 0. The maximum atomic E-state index is 12.4. The molecule has 1 aromatic carbocycles. The summed E-state index contributed by atoms with van der Waals surface area (Å²) < 4.78 is 0.978. The minimum atomic E-state index is 0.223. The molecule has 1 aromatic rings. The average Bonchev–Trinajstić information content (AvgIpc) is 2.39. The molecule has 0 saturated heterocycles. The summed E-state index contributed by atoms with van der Waals surface area (Å²) in [7, 11) is 1.87. The molecule has 0 radical (unpaired) electrons. The van der Waals surface area contributed by atoms with Crippen LogP contribution in [0.25, 0.3) is 0 Å². The lowest BCUT2D eigenvalue weighted by molar-refractivity contribution is -0.123. The van der Waals surface area contributed by atoms with Crippen molar-refractivity contribution in [3.63, 3.8) is 0 Å². The van der Waals surface area contributed by atoms with Crippen LogP contribution in [0.3, 0.4) is 0 Å². The SMILES string of the molecule is CN(C(=O)C1CCCCC1)c1ccccc1Br. The number of anilines is 1. The Morgan fingerprint density at radius 1 is 1.24 bits per heavy atom. The predicted molar refractivity (Wildman–Crippen MR) is 74.1 cm³/mol. The second-order valence-corrected chi connectivity index (χ2v) is 5.54. The van der Waals surface area contributed by atoms with Gasteiger partial charge < -0.3 is 4.90 Å². The van der Waals surface area contributed by atoms with Gasteiger partial charge in [-0.2, -0.15) is 0 Å². The Morgan fingerprint density at radius 2 is 1.88 bits per heavy atom. The van der Waals surface area contributed by atoms with Crippen LogP contribution in [0.1, 0.15) is 32.1 Å². The highest BCUT2D eigenvalue weighted by Crippen LogP contribution is 2.30. The van der Waals surface area contributed by atoms with E-state index in [1.807, 2.05) is 31.3 Å². The van der Waals surface area contributed by atoms with Crippen LogP contribution >= 0.6 is 15.9 Å². The molecule has 17 heavy (non-hydrogen) atoms. The first kappa shape index (κ1) is 12.6. The summed E-state index contributed by atoms with van der Waals surface area (Å²) in [6, 6.07) is 7.88. The number of benzene rings is 1. The number of halogens is 1. The largest absolute Gasteiger partial charge is 0.314 e. The Hall–Kier alpha value is -0.830. The smallest absolute Gasteiger partial charge is 0.229 e. The van der Waals surface area contributed by atoms with Gasteiger partial charge in [0.15, 0.2) is 0 Å². The highest BCUT2D eigenvalue weighted by atomic mass is 79.9. The number of hydrogen-bond donors (Lipinski definition) is 0. The second kappa shape index (κ2) is 5.67. The zero-order valence-corrected chi connectivity index (χ0v) is 11.7. The summed E-state index contributed by atoms with van der Waals surface area (Å²) in [5.41, 5.74) is 0.961. The Morgan fingerprint density at radius 3 is 2.53 bits per heavy atom. The molecule has 0 aromatic heterocycles. The Balaban J connectivity index is 2.11. The summed E-state index contributed by atoms with van der Waals surface area (Å²) in [4.78, 5) is 14.1. The fourth-order valence-electron chi connectivity index (χ4n) is 2.47. The lowest BCUT2D eigenvalue weighted by Crippen LogP contribution is -2.34. The fraction of sp³-hybridized carbons (Fsp3) is 0.500. The number of para-hydroxylation sites is 1. The average molecular weight is 296 g/mol. The number of carbonyl (C=O) groups excluding carboxylic acids is 1. The van der Waals surface area contributed by atoms with Crippen molar-refractivity contribution in [2.75, 3.05) is 11.9 Å². The molecule has 0 atom stereocenters. The van der Waals surface area contributed by atoms with Gasteiger partial charge in [-0.05, 0) is 40.9 Å². The summed E-state index contributed by atoms with van der Waals surface area (Å²) >= 11 is 3.50. The van der Waals surface area contributed by atoms with Gasteiger partial charge in [0.05, 0.1) is 5.69 Å². The van der Waals surface area contributed by atoms with E-state index < -0.39 is 0 Å². The molecule has 1 aliphatic carbocycles. The minimum absolute atomic E-state index is 0.223. The third-order valence-corrected chi connectivity index (χ3v) is 4.17. The van der Waals surface area contributed by atoms with E-state index in [1.54, 1.807) is 4.90 Å². The number of rotatable bonds is 2. The number of nitrogens with zero attached hydrogens (tertiary/aromatic N) is 1. The summed E-state index contributed by atoms with van der Waals surface area (Å²) in [5.74, 6) is 0.484. The van der Waals surface area contributed by atoms with Gasteiger partial charge in [0, 0.05) is 17.4 Å². The highest BCUT2D eigenvalue weighted by molar-refractivity contribution is 9.10.